The van der Waals surface area contributed by atoms with Gasteiger partial charge in [0, 0.05) is 31.6 Å². The molecule has 0 bridgehead atoms. The molecule has 0 aliphatic carbocycles. The van der Waals surface area contributed by atoms with E-state index in [1.54, 1.807) is 12.3 Å². The molecule has 5 heteroatoms. The monoisotopic (exact) mass is 323 g/mol. The van der Waals surface area contributed by atoms with Gasteiger partial charge in [0.1, 0.15) is 5.69 Å². The summed E-state index contributed by atoms with van der Waals surface area (Å²) in [6, 6.07) is 13.9. The highest BCUT2D eigenvalue weighted by Gasteiger charge is 2.49. The van der Waals surface area contributed by atoms with Crippen LogP contribution in [0.1, 0.15) is 41.2 Å². The zero-order valence-corrected chi connectivity index (χ0v) is 13.5. The van der Waals surface area contributed by atoms with Crippen molar-refractivity contribution in [2.75, 3.05) is 13.1 Å². The van der Waals surface area contributed by atoms with E-state index in [-0.39, 0.29) is 23.3 Å². The largest absolute Gasteiger partial charge is 0.357 e. The fourth-order valence-electron chi connectivity index (χ4n) is 4.13. The third-order valence-corrected chi connectivity index (χ3v) is 5.42. The van der Waals surface area contributed by atoms with Crippen LogP contribution in [0.25, 0.3) is 0 Å². The van der Waals surface area contributed by atoms with Gasteiger partial charge in [-0.25, -0.2) is 0 Å². The number of rotatable bonds is 2. The SMILES string of the molecule is O=C1CC(c2ccccc2)C2(CCN(C(=O)c3ccc[nH]3)CC2)N1. The Morgan fingerprint density at radius 1 is 1.08 bits per heavy atom. The molecule has 0 saturated carbocycles. The van der Waals surface area contributed by atoms with Crippen LogP contribution in [-0.2, 0) is 4.79 Å². The summed E-state index contributed by atoms with van der Waals surface area (Å²) < 4.78 is 0. The van der Waals surface area contributed by atoms with Crippen LogP contribution in [0.4, 0.5) is 0 Å². The van der Waals surface area contributed by atoms with Crippen LogP contribution < -0.4 is 5.32 Å². The molecule has 1 aromatic carbocycles. The number of likely N-dealkylation sites (tertiary alicyclic amines) is 1. The van der Waals surface area contributed by atoms with Crippen LogP contribution in [-0.4, -0.2) is 40.3 Å². The summed E-state index contributed by atoms with van der Waals surface area (Å²) in [6.07, 6.45) is 3.89. The molecule has 2 saturated heterocycles. The van der Waals surface area contributed by atoms with Gasteiger partial charge in [-0.05, 0) is 30.5 Å². The first-order valence-corrected chi connectivity index (χ1v) is 8.47. The second-order valence-electron chi connectivity index (χ2n) is 6.75. The van der Waals surface area contributed by atoms with E-state index in [4.69, 9.17) is 0 Å². The van der Waals surface area contributed by atoms with Crippen molar-refractivity contribution in [2.45, 2.75) is 30.7 Å². The number of nitrogens with zero attached hydrogens (tertiary/aromatic N) is 1. The summed E-state index contributed by atoms with van der Waals surface area (Å²) in [6.45, 7) is 1.34. The third kappa shape index (κ3) is 2.50. The lowest BCUT2D eigenvalue weighted by molar-refractivity contribution is -0.120. The number of aromatic amines is 1. The molecular weight excluding hydrogens is 302 g/mol. The van der Waals surface area contributed by atoms with Gasteiger partial charge in [-0.15, -0.1) is 0 Å². The van der Waals surface area contributed by atoms with E-state index in [1.807, 2.05) is 29.2 Å². The van der Waals surface area contributed by atoms with Crippen molar-refractivity contribution < 1.29 is 9.59 Å². The second-order valence-corrected chi connectivity index (χ2v) is 6.75. The fraction of sp³-hybridized carbons (Fsp3) is 0.368. The van der Waals surface area contributed by atoms with E-state index in [2.05, 4.69) is 22.4 Å². The highest BCUT2D eigenvalue weighted by atomic mass is 16.2. The summed E-state index contributed by atoms with van der Waals surface area (Å²) in [7, 11) is 0. The molecule has 3 heterocycles. The lowest BCUT2D eigenvalue weighted by Crippen LogP contribution is -2.54. The predicted octanol–water partition coefficient (Wildman–Crippen LogP) is 2.29. The second kappa shape index (κ2) is 5.82. The standard InChI is InChI=1S/C19H21N3O2/c23-17-13-15(14-5-2-1-3-6-14)19(21-17)8-11-22(12-9-19)18(24)16-7-4-10-20-16/h1-7,10,15,20H,8-9,11-13H2,(H,21,23). The Morgan fingerprint density at radius 2 is 1.83 bits per heavy atom. The molecule has 2 N–H and O–H groups in total. The Morgan fingerprint density at radius 3 is 2.50 bits per heavy atom. The summed E-state index contributed by atoms with van der Waals surface area (Å²) >= 11 is 0. The van der Waals surface area contributed by atoms with Gasteiger partial charge in [-0.2, -0.15) is 0 Å². The van der Waals surface area contributed by atoms with E-state index >= 15 is 0 Å². The maximum Gasteiger partial charge on any atom is 0.270 e. The van der Waals surface area contributed by atoms with Crippen LogP contribution in [0, 0.1) is 0 Å². The van der Waals surface area contributed by atoms with Gasteiger partial charge in [0.2, 0.25) is 5.91 Å². The molecule has 2 aliphatic rings. The van der Waals surface area contributed by atoms with Crippen LogP contribution in [0.2, 0.25) is 0 Å². The maximum atomic E-state index is 12.5. The molecule has 5 nitrogen and oxygen atoms in total. The molecule has 1 spiro atoms. The van der Waals surface area contributed by atoms with Crippen molar-refractivity contribution in [1.82, 2.24) is 15.2 Å². The first-order chi connectivity index (χ1) is 11.7. The normalized spacial score (nSPS) is 22.6. The molecule has 2 aromatic rings. The van der Waals surface area contributed by atoms with Crippen molar-refractivity contribution >= 4 is 11.8 Å². The van der Waals surface area contributed by atoms with Gasteiger partial charge < -0.3 is 15.2 Å². The third-order valence-electron chi connectivity index (χ3n) is 5.42. The van der Waals surface area contributed by atoms with Crippen LogP contribution >= 0.6 is 0 Å². The van der Waals surface area contributed by atoms with Gasteiger partial charge in [0.25, 0.3) is 5.91 Å². The molecule has 2 amide bonds. The van der Waals surface area contributed by atoms with E-state index in [9.17, 15) is 9.59 Å². The quantitative estimate of drug-likeness (QED) is 0.890. The molecular formula is C19H21N3O2. The van der Waals surface area contributed by atoms with E-state index < -0.39 is 0 Å². The molecule has 1 aromatic heterocycles. The number of benzene rings is 1. The summed E-state index contributed by atoms with van der Waals surface area (Å²) in [4.78, 5) is 29.4. The summed E-state index contributed by atoms with van der Waals surface area (Å²) in [5.74, 6) is 0.345. The number of hydrogen-bond acceptors (Lipinski definition) is 2. The molecule has 1 atom stereocenters. The smallest absolute Gasteiger partial charge is 0.270 e. The van der Waals surface area contributed by atoms with Crippen LogP contribution in [0.5, 0.6) is 0 Å². The van der Waals surface area contributed by atoms with Gasteiger partial charge >= 0.3 is 0 Å². The van der Waals surface area contributed by atoms with Crippen LogP contribution in [0.3, 0.4) is 0 Å². The van der Waals surface area contributed by atoms with E-state index in [1.165, 1.54) is 5.56 Å². The lowest BCUT2D eigenvalue weighted by atomic mass is 9.74. The average molecular weight is 323 g/mol. The number of piperidine rings is 1. The Bertz CT molecular complexity index is 731. The Hall–Kier alpha value is -2.56. The first kappa shape index (κ1) is 15.0. The minimum absolute atomic E-state index is 0.0374. The number of amides is 2. The number of carbonyl (C=O) groups excluding carboxylic acids is 2. The maximum absolute atomic E-state index is 12.5. The molecule has 0 radical (unpaired) electrons. The van der Waals surface area contributed by atoms with Crippen molar-refractivity contribution in [1.29, 1.82) is 0 Å². The van der Waals surface area contributed by atoms with Crippen molar-refractivity contribution in [3.8, 4) is 0 Å². The molecule has 2 fully saturated rings. The minimum Gasteiger partial charge on any atom is -0.357 e. The van der Waals surface area contributed by atoms with E-state index in [0.717, 1.165) is 12.8 Å². The lowest BCUT2D eigenvalue weighted by Gasteiger charge is -2.42. The fourth-order valence-corrected chi connectivity index (χ4v) is 4.13. The van der Waals surface area contributed by atoms with Gasteiger partial charge in [0.05, 0.1) is 5.54 Å². The zero-order valence-electron chi connectivity index (χ0n) is 13.5. The average Bonchev–Trinajstić information content (AvgIpc) is 3.24. The minimum atomic E-state index is -0.217. The number of nitrogens with one attached hydrogen (secondary N) is 2. The van der Waals surface area contributed by atoms with Crippen molar-refractivity contribution in [2.24, 2.45) is 0 Å². The van der Waals surface area contributed by atoms with Gasteiger partial charge in [-0.1, -0.05) is 30.3 Å². The zero-order chi connectivity index (χ0) is 16.6. The number of hydrogen-bond donors (Lipinski definition) is 2. The first-order valence-electron chi connectivity index (χ1n) is 8.47. The van der Waals surface area contributed by atoms with Crippen molar-refractivity contribution in [3.05, 3.63) is 59.9 Å². The van der Waals surface area contributed by atoms with Crippen LogP contribution in [0.15, 0.2) is 48.7 Å². The molecule has 2 aliphatic heterocycles. The topological polar surface area (TPSA) is 65.2 Å². The Balaban J connectivity index is 1.52. The Labute approximate surface area is 141 Å². The molecule has 1 unspecified atom stereocenters. The highest BCUT2D eigenvalue weighted by molar-refractivity contribution is 5.92. The number of H-pyrrole nitrogens is 1. The molecule has 124 valence electrons. The van der Waals surface area contributed by atoms with Gasteiger partial charge in [0.15, 0.2) is 0 Å². The molecule has 24 heavy (non-hydrogen) atoms. The van der Waals surface area contributed by atoms with Crippen molar-refractivity contribution in [3.63, 3.8) is 0 Å². The van der Waals surface area contributed by atoms with Gasteiger partial charge in [-0.3, -0.25) is 9.59 Å². The Kier molecular flexibility index (Phi) is 3.63. The summed E-state index contributed by atoms with van der Waals surface area (Å²) in [5, 5.41) is 3.23. The predicted molar refractivity (Wildman–Crippen MR) is 90.6 cm³/mol. The summed E-state index contributed by atoms with van der Waals surface area (Å²) in [5.41, 5.74) is 1.62. The number of aromatic nitrogens is 1. The molecule has 4 rings (SSSR count). The van der Waals surface area contributed by atoms with E-state index in [0.29, 0.717) is 25.2 Å². The highest BCUT2D eigenvalue weighted by Crippen LogP contribution is 2.43. The number of carbonyl (C=O) groups is 2.